The van der Waals surface area contributed by atoms with E-state index in [0.29, 0.717) is 29.8 Å². The number of aliphatic carboxylic acids is 1. The molecular formula is C12H16N4O4. The Kier molecular flexibility index (Phi) is 3.47. The molecule has 2 heterocycles. The van der Waals surface area contributed by atoms with Crippen LogP contribution in [0, 0.1) is 0 Å². The van der Waals surface area contributed by atoms with Crippen LogP contribution in [-0.4, -0.2) is 29.8 Å². The van der Waals surface area contributed by atoms with Crippen molar-refractivity contribution < 1.29 is 9.90 Å². The van der Waals surface area contributed by atoms with Gasteiger partial charge in [-0.15, -0.1) is 0 Å². The molecule has 0 bridgehead atoms. The van der Waals surface area contributed by atoms with Crippen LogP contribution in [0.3, 0.4) is 0 Å². The standard InChI is InChI=1S/C12H16N4O4/c1-14-7(5-4-6-8(17)18)13-10-9(14)11(19)16(3)12(20)15(10)2/h4-6H2,1-3H3,(H,17,18). The van der Waals surface area contributed by atoms with Crippen molar-refractivity contribution in [1.29, 1.82) is 0 Å². The third-order valence-electron chi connectivity index (χ3n) is 3.36. The lowest BCUT2D eigenvalue weighted by atomic mass is 10.2. The van der Waals surface area contributed by atoms with E-state index in [2.05, 4.69) is 4.98 Å². The molecule has 0 aromatic carbocycles. The summed E-state index contributed by atoms with van der Waals surface area (Å²) in [5.41, 5.74) is -0.161. The molecule has 0 fully saturated rings. The molecule has 8 heteroatoms. The van der Waals surface area contributed by atoms with Gasteiger partial charge in [0.15, 0.2) is 11.2 Å². The molecule has 8 nitrogen and oxygen atoms in total. The Morgan fingerprint density at radius 1 is 1.15 bits per heavy atom. The van der Waals surface area contributed by atoms with E-state index in [-0.39, 0.29) is 6.42 Å². The Morgan fingerprint density at radius 2 is 1.80 bits per heavy atom. The Bertz CT molecular complexity index is 796. The van der Waals surface area contributed by atoms with Crippen molar-refractivity contribution in [3.05, 3.63) is 26.7 Å². The predicted octanol–water partition coefficient (Wildman–Crippen LogP) is -0.622. The number of rotatable bonds is 4. The fraction of sp³-hybridized carbons (Fsp3) is 0.500. The summed E-state index contributed by atoms with van der Waals surface area (Å²) in [7, 11) is 4.66. The van der Waals surface area contributed by atoms with Gasteiger partial charge in [0.1, 0.15) is 5.82 Å². The lowest BCUT2D eigenvalue weighted by Crippen LogP contribution is -2.37. The third kappa shape index (κ3) is 2.13. The SMILES string of the molecule is Cn1c(=O)c2c(nc(CCCC(=O)O)n2C)n(C)c1=O. The topological polar surface area (TPSA) is 99.1 Å². The highest BCUT2D eigenvalue weighted by molar-refractivity contribution is 5.71. The van der Waals surface area contributed by atoms with Crippen molar-refractivity contribution in [2.75, 3.05) is 0 Å². The van der Waals surface area contributed by atoms with Gasteiger partial charge < -0.3 is 9.67 Å². The fourth-order valence-corrected chi connectivity index (χ4v) is 2.18. The molecule has 0 aliphatic carbocycles. The van der Waals surface area contributed by atoms with Gasteiger partial charge in [0.2, 0.25) is 0 Å². The van der Waals surface area contributed by atoms with Crippen molar-refractivity contribution in [2.24, 2.45) is 21.1 Å². The first-order valence-electron chi connectivity index (χ1n) is 6.17. The zero-order chi connectivity index (χ0) is 15.0. The second-order valence-electron chi connectivity index (χ2n) is 4.71. The number of hydrogen-bond acceptors (Lipinski definition) is 4. The van der Waals surface area contributed by atoms with Gasteiger partial charge in [-0.25, -0.2) is 9.78 Å². The van der Waals surface area contributed by atoms with E-state index in [1.54, 1.807) is 18.7 Å². The number of fused-ring (bicyclic) bond motifs is 1. The van der Waals surface area contributed by atoms with E-state index in [4.69, 9.17) is 5.11 Å². The molecule has 0 aliphatic heterocycles. The van der Waals surface area contributed by atoms with Crippen LogP contribution in [0.4, 0.5) is 0 Å². The minimum atomic E-state index is -0.868. The molecule has 2 aromatic heterocycles. The van der Waals surface area contributed by atoms with E-state index >= 15 is 0 Å². The summed E-state index contributed by atoms with van der Waals surface area (Å²) in [4.78, 5) is 38.7. The number of aromatic nitrogens is 4. The molecule has 0 amide bonds. The summed E-state index contributed by atoms with van der Waals surface area (Å²) in [6.07, 6.45) is 0.912. The van der Waals surface area contributed by atoms with Crippen molar-refractivity contribution in [2.45, 2.75) is 19.3 Å². The molecule has 0 unspecified atom stereocenters. The molecule has 0 saturated heterocycles. The number of carboxylic acid groups (broad SMARTS) is 1. The van der Waals surface area contributed by atoms with E-state index in [1.807, 2.05) is 0 Å². The van der Waals surface area contributed by atoms with Crippen LogP contribution >= 0.6 is 0 Å². The summed E-state index contributed by atoms with van der Waals surface area (Å²) in [6, 6.07) is 0. The molecule has 0 atom stereocenters. The van der Waals surface area contributed by atoms with Crippen LogP contribution in [0.5, 0.6) is 0 Å². The average molecular weight is 280 g/mol. The highest BCUT2D eigenvalue weighted by atomic mass is 16.4. The lowest BCUT2D eigenvalue weighted by Gasteiger charge is -2.03. The van der Waals surface area contributed by atoms with Gasteiger partial charge in [-0.2, -0.15) is 0 Å². The average Bonchev–Trinajstić information content (AvgIpc) is 2.71. The maximum absolute atomic E-state index is 12.1. The Balaban J connectivity index is 2.56. The Labute approximate surface area is 113 Å². The number of aryl methyl sites for hydroxylation is 3. The zero-order valence-electron chi connectivity index (χ0n) is 11.6. The molecule has 108 valence electrons. The van der Waals surface area contributed by atoms with Crippen LogP contribution in [0.2, 0.25) is 0 Å². The second kappa shape index (κ2) is 4.95. The van der Waals surface area contributed by atoms with Crippen LogP contribution in [-0.2, 0) is 32.4 Å². The number of imidazole rings is 1. The first kappa shape index (κ1) is 14.0. The third-order valence-corrected chi connectivity index (χ3v) is 3.36. The lowest BCUT2D eigenvalue weighted by molar-refractivity contribution is -0.137. The summed E-state index contributed by atoms with van der Waals surface area (Å²) >= 11 is 0. The number of nitrogens with zero attached hydrogens (tertiary/aromatic N) is 4. The van der Waals surface area contributed by atoms with Crippen molar-refractivity contribution in [3.8, 4) is 0 Å². The summed E-state index contributed by atoms with van der Waals surface area (Å²) in [5, 5.41) is 8.64. The molecule has 0 spiro atoms. The summed E-state index contributed by atoms with van der Waals surface area (Å²) in [6.45, 7) is 0. The fourth-order valence-electron chi connectivity index (χ4n) is 2.18. The smallest absolute Gasteiger partial charge is 0.332 e. The van der Waals surface area contributed by atoms with E-state index in [9.17, 15) is 14.4 Å². The van der Waals surface area contributed by atoms with Gasteiger partial charge in [-0.05, 0) is 6.42 Å². The van der Waals surface area contributed by atoms with Gasteiger partial charge in [0, 0.05) is 34.0 Å². The normalized spacial score (nSPS) is 11.2. The molecule has 0 saturated carbocycles. The van der Waals surface area contributed by atoms with Crippen molar-refractivity contribution in [1.82, 2.24) is 18.7 Å². The van der Waals surface area contributed by atoms with Crippen LogP contribution in [0.15, 0.2) is 9.59 Å². The Hall–Kier alpha value is -2.38. The first-order valence-corrected chi connectivity index (χ1v) is 6.17. The summed E-state index contributed by atoms with van der Waals surface area (Å²) in [5.74, 6) is -0.272. The van der Waals surface area contributed by atoms with E-state index < -0.39 is 17.2 Å². The van der Waals surface area contributed by atoms with Gasteiger partial charge in [0.05, 0.1) is 0 Å². The number of hydrogen-bond donors (Lipinski definition) is 1. The quantitative estimate of drug-likeness (QED) is 0.804. The summed E-state index contributed by atoms with van der Waals surface area (Å²) < 4.78 is 3.97. The Morgan fingerprint density at radius 3 is 2.40 bits per heavy atom. The van der Waals surface area contributed by atoms with Gasteiger partial charge in [-0.1, -0.05) is 0 Å². The number of carbonyl (C=O) groups is 1. The first-order chi connectivity index (χ1) is 9.34. The van der Waals surface area contributed by atoms with Gasteiger partial charge >= 0.3 is 11.7 Å². The zero-order valence-corrected chi connectivity index (χ0v) is 11.6. The molecule has 0 radical (unpaired) electrons. The minimum absolute atomic E-state index is 0.0418. The maximum atomic E-state index is 12.1. The van der Waals surface area contributed by atoms with E-state index in [1.165, 1.54) is 11.6 Å². The van der Waals surface area contributed by atoms with Crippen molar-refractivity contribution in [3.63, 3.8) is 0 Å². The molecule has 2 rings (SSSR count). The largest absolute Gasteiger partial charge is 0.481 e. The highest BCUT2D eigenvalue weighted by Crippen LogP contribution is 2.11. The molecule has 20 heavy (non-hydrogen) atoms. The highest BCUT2D eigenvalue weighted by Gasteiger charge is 2.16. The maximum Gasteiger partial charge on any atom is 0.332 e. The monoisotopic (exact) mass is 280 g/mol. The van der Waals surface area contributed by atoms with Gasteiger partial charge in [-0.3, -0.25) is 18.7 Å². The van der Waals surface area contributed by atoms with Crippen molar-refractivity contribution >= 4 is 17.1 Å². The minimum Gasteiger partial charge on any atom is -0.481 e. The molecular weight excluding hydrogens is 264 g/mol. The van der Waals surface area contributed by atoms with Gasteiger partial charge in [0.25, 0.3) is 5.56 Å². The molecule has 0 aliphatic rings. The van der Waals surface area contributed by atoms with E-state index in [0.717, 1.165) is 4.57 Å². The van der Waals surface area contributed by atoms with Crippen LogP contribution in [0.25, 0.3) is 11.2 Å². The second-order valence-corrected chi connectivity index (χ2v) is 4.71. The number of carboxylic acids is 1. The van der Waals surface area contributed by atoms with Crippen LogP contribution < -0.4 is 11.2 Å². The van der Waals surface area contributed by atoms with Crippen LogP contribution in [0.1, 0.15) is 18.7 Å². The molecule has 2 aromatic rings. The predicted molar refractivity (Wildman–Crippen MR) is 71.8 cm³/mol. The molecule has 1 N–H and O–H groups in total.